The smallest absolute Gasteiger partial charge is 0.264 e. The molecule has 0 heterocycles. The number of hydrogen-bond donors (Lipinski definition) is 1. The number of anilines is 1. The number of halogens is 1. The van der Waals surface area contributed by atoms with Gasteiger partial charge in [-0.25, -0.2) is 8.42 Å². The van der Waals surface area contributed by atoms with Crippen molar-refractivity contribution in [3.05, 3.63) is 131 Å². The summed E-state index contributed by atoms with van der Waals surface area (Å²) in [6, 6.07) is 31.0. The standard InChI is InChI=1S/C36H38ClN3O4S/c1-27-12-10-15-29(22-27)25-39(34(23-28-13-4-2-5-14-28)36(42)38-31-17-8-9-18-31)35(41)26-40(32-19-11-16-30(37)24-32)45(43,44)33-20-6-3-7-21-33/h2-7,10-16,19-22,24,31,34H,8-9,17-18,23,25-26H2,1H3,(H,38,42). The maximum Gasteiger partial charge on any atom is 0.264 e. The predicted molar refractivity (Wildman–Crippen MR) is 178 cm³/mol. The van der Waals surface area contributed by atoms with E-state index in [1.807, 2.05) is 61.5 Å². The molecule has 7 nitrogen and oxygen atoms in total. The van der Waals surface area contributed by atoms with Gasteiger partial charge in [0.15, 0.2) is 0 Å². The van der Waals surface area contributed by atoms with Gasteiger partial charge in [0.1, 0.15) is 12.6 Å². The number of carbonyl (C=O) groups excluding carboxylic acids is 2. The molecule has 45 heavy (non-hydrogen) atoms. The normalized spacial score (nSPS) is 14.1. The Labute approximate surface area is 270 Å². The summed E-state index contributed by atoms with van der Waals surface area (Å²) in [7, 11) is -4.18. The SMILES string of the molecule is Cc1cccc(CN(C(=O)CN(c2cccc(Cl)c2)S(=O)(=O)c2ccccc2)C(Cc2ccccc2)C(=O)NC2CCCC2)c1. The third kappa shape index (κ3) is 8.32. The number of hydrogen-bond acceptors (Lipinski definition) is 4. The van der Waals surface area contributed by atoms with Crippen molar-refractivity contribution in [3.63, 3.8) is 0 Å². The monoisotopic (exact) mass is 643 g/mol. The van der Waals surface area contributed by atoms with Crippen LogP contribution in [0.15, 0.2) is 114 Å². The molecular weight excluding hydrogens is 606 g/mol. The zero-order chi connectivity index (χ0) is 31.8. The van der Waals surface area contributed by atoms with Crippen LogP contribution in [-0.2, 0) is 32.6 Å². The lowest BCUT2D eigenvalue weighted by molar-refractivity contribution is -0.140. The van der Waals surface area contributed by atoms with Crippen molar-refractivity contribution in [2.45, 2.75) is 62.6 Å². The lowest BCUT2D eigenvalue weighted by atomic mass is 10.0. The summed E-state index contributed by atoms with van der Waals surface area (Å²) >= 11 is 6.30. The van der Waals surface area contributed by atoms with Crippen LogP contribution < -0.4 is 9.62 Å². The second kappa shape index (κ2) is 14.8. The van der Waals surface area contributed by atoms with Gasteiger partial charge in [-0.2, -0.15) is 0 Å². The topological polar surface area (TPSA) is 86.8 Å². The number of rotatable bonds is 12. The summed E-state index contributed by atoms with van der Waals surface area (Å²) in [5.41, 5.74) is 3.01. The number of aryl methyl sites for hydroxylation is 1. The van der Waals surface area contributed by atoms with Crippen LogP contribution in [0.1, 0.15) is 42.4 Å². The number of benzene rings is 4. The van der Waals surface area contributed by atoms with E-state index < -0.39 is 28.5 Å². The number of carbonyl (C=O) groups is 2. The van der Waals surface area contributed by atoms with Crippen LogP contribution in [0.4, 0.5) is 5.69 Å². The number of nitrogens with one attached hydrogen (secondary N) is 1. The number of nitrogens with zero attached hydrogens (tertiary/aromatic N) is 2. The average Bonchev–Trinajstić information content (AvgIpc) is 3.55. The van der Waals surface area contributed by atoms with Crippen LogP contribution in [0.3, 0.4) is 0 Å². The second-order valence-corrected chi connectivity index (χ2v) is 13.8. The highest BCUT2D eigenvalue weighted by atomic mass is 35.5. The maximum absolute atomic E-state index is 14.6. The van der Waals surface area contributed by atoms with Crippen LogP contribution in [-0.4, -0.2) is 43.8 Å². The van der Waals surface area contributed by atoms with E-state index >= 15 is 0 Å². The van der Waals surface area contributed by atoms with E-state index in [0.717, 1.165) is 46.7 Å². The first-order chi connectivity index (χ1) is 21.7. The largest absolute Gasteiger partial charge is 0.352 e. The Morgan fingerprint density at radius 3 is 2.16 bits per heavy atom. The molecular formula is C36H38ClN3O4S. The number of sulfonamides is 1. The van der Waals surface area contributed by atoms with Gasteiger partial charge in [-0.05, 0) is 61.2 Å². The summed E-state index contributed by atoms with van der Waals surface area (Å²) in [6.45, 7) is 1.58. The quantitative estimate of drug-likeness (QED) is 0.190. The van der Waals surface area contributed by atoms with Crippen LogP contribution >= 0.6 is 11.6 Å². The van der Waals surface area contributed by atoms with Crippen LogP contribution in [0.5, 0.6) is 0 Å². The lowest BCUT2D eigenvalue weighted by Crippen LogP contribution is -2.54. The third-order valence-electron chi connectivity index (χ3n) is 8.11. The average molecular weight is 644 g/mol. The highest BCUT2D eigenvalue weighted by Crippen LogP contribution is 2.27. The van der Waals surface area contributed by atoms with Crippen molar-refractivity contribution in [2.24, 2.45) is 0 Å². The molecule has 0 aliphatic heterocycles. The van der Waals surface area contributed by atoms with Crippen molar-refractivity contribution >= 4 is 39.1 Å². The van der Waals surface area contributed by atoms with Gasteiger partial charge in [0.2, 0.25) is 11.8 Å². The van der Waals surface area contributed by atoms with Gasteiger partial charge >= 0.3 is 0 Å². The van der Waals surface area contributed by atoms with E-state index in [2.05, 4.69) is 5.32 Å². The molecule has 1 fully saturated rings. The molecule has 1 N–H and O–H groups in total. The minimum atomic E-state index is -4.18. The molecule has 1 unspecified atom stereocenters. The van der Waals surface area contributed by atoms with E-state index in [0.29, 0.717) is 5.02 Å². The van der Waals surface area contributed by atoms with Gasteiger partial charge in [-0.1, -0.05) is 109 Å². The third-order valence-corrected chi connectivity index (χ3v) is 10.1. The fourth-order valence-electron chi connectivity index (χ4n) is 5.81. The first kappa shape index (κ1) is 32.3. The Bertz CT molecular complexity index is 1710. The molecule has 9 heteroatoms. The number of amides is 2. The molecule has 0 bridgehead atoms. The molecule has 0 radical (unpaired) electrons. The maximum atomic E-state index is 14.6. The Balaban J connectivity index is 1.56. The summed E-state index contributed by atoms with van der Waals surface area (Å²) in [4.78, 5) is 30.2. The van der Waals surface area contributed by atoms with Gasteiger partial charge < -0.3 is 10.2 Å². The molecule has 1 saturated carbocycles. The molecule has 0 aromatic heterocycles. The Morgan fingerprint density at radius 2 is 1.49 bits per heavy atom. The minimum absolute atomic E-state index is 0.0443. The molecule has 0 spiro atoms. The summed E-state index contributed by atoms with van der Waals surface area (Å²) < 4.78 is 29.2. The van der Waals surface area contributed by atoms with Gasteiger partial charge in [0.05, 0.1) is 10.6 Å². The van der Waals surface area contributed by atoms with Crippen molar-refractivity contribution in [1.29, 1.82) is 0 Å². The molecule has 1 atom stereocenters. The van der Waals surface area contributed by atoms with Crippen LogP contribution in [0.25, 0.3) is 0 Å². The Morgan fingerprint density at radius 1 is 0.844 bits per heavy atom. The predicted octanol–water partition coefficient (Wildman–Crippen LogP) is 6.54. The van der Waals surface area contributed by atoms with Crippen molar-refractivity contribution < 1.29 is 18.0 Å². The van der Waals surface area contributed by atoms with Gasteiger partial charge in [-0.3, -0.25) is 13.9 Å². The van der Waals surface area contributed by atoms with E-state index in [4.69, 9.17) is 11.6 Å². The fraction of sp³-hybridized carbons (Fsp3) is 0.278. The van der Waals surface area contributed by atoms with Crippen molar-refractivity contribution in [3.8, 4) is 0 Å². The molecule has 1 aliphatic rings. The van der Waals surface area contributed by atoms with Crippen molar-refractivity contribution in [1.82, 2.24) is 10.2 Å². The van der Waals surface area contributed by atoms with Crippen LogP contribution in [0.2, 0.25) is 5.02 Å². The summed E-state index contributed by atoms with van der Waals surface area (Å²) in [5, 5.41) is 3.53. The highest BCUT2D eigenvalue weighted by molar-refractivity contribution is 7.92. The molecule has 2 amide bonds. The molecule has 234 valence electrons. The summed E-state index contributed by atoms with van der Waals surface area (Å²) in [6.07, 6.45) is 4.17. The fourth-order valence-corrected chi connectivity index (χ4v) is 7.42. The van der Waals surface area contributed by atoms with E-state index in [9.17, 15) is 18.0 Å². The first-order valence-electron chi connectivity index (χ1n) is 15.2. The molecule has 4 aromatic rings. The Kier molecular flexibility index (Phi) is 10.6. The lowest BCUT2D eigenvalue weighted by Gasteiger charge is -2.34. The molecule has 4 aromatic carbocycles. The molecule has 1 aliphatic carbocycles. The van der Waals surface area contributed by atoms with Gasteiger partial charge in [0, 0.05) is 24.0 Å². The van der Waals surface area contributed by atoms with Gasteiger partial charge in [-0.15, -0.1) is 0 Å². The van der Waals surface area contributed by atoms with Gasteiger partial charge in [0.25, 0.3) is 10.0 Å². The zero-order valence-electron chi connectivity index (χ0n) is 25.3. The zero-order valence-corrected chi connectivity index (χ0v) is 26.9. The first-order valence-corrected chi connectivity index (χ1v) is 17.1. The van der Waals surface area contributed by atoms with E-state index in [1.54, 1.807) is 36.4 Å². The van der Waals surface area contributed by atoms with E-state index in [-0.39, 0.29) is 35.5 Å². The van der Waals surface area contributed by atoms with E-state index in [1.165, 1.54) is 23.1 Å². The molecule has 5 rings (SSSR count). The molecule has 0 saturated heterocycles. The minimum Gasteiger partial charge on any atom is -0.352 e. The van der Waals surface area contributed by atoms with Crippen LogP contribution in [0, 0.1) is 6.92 Å². The van der Waals surface area contributed by atoms with Crippen molar-refractivity contribution in [2.75, 3.05) is 10.8 Å². The Hall–Kier alpha value is -4.14. The second-order valence-electron chi connectivity index (χ2n) is 11.5. The highest BCUT2D eigenvalue weighted by Gasteiger charge is 2.35. The summed E-state index contributed by atoms with van der Waals surface area (Å²) in [5.74, 6) is -0.745.